The molecule has 2 heterocycles. The van der Waals surface area contributed by atoms with Crippen LogP contribution in [0.3, 0.4) is 0 Å². The number of rotatable bonds is 9. The van der Waals surface area contributed by atoms with E-state index in [1.54, 1.807) is 30.2 Å². The number of hydrogen-bond acceptors (Lipinski definition) is 9. The van der Waals surface area contributed by atoms with Gasteiger partial charge in [-0.1, -0.05) is 36.1 Å². The Morgan fingerprint density at radius 2 is 1.97 bits per heavy atom. The number of carbonyl (C=O) groups is 2. The number of aromatic carboxylic acids is 1. The van der Waals surface area contributed by atoms with E-state index in [9.17, 15) is 9.59 Å². The predicted octanol–water partition coefficient (Wildman–Crippen LogP) is 5.45. The maximum Gasteiger partial charge on any atom is 0.335 e. The number of carbonyl (C=O) groups excluding carboxylic acids is 1. The number of anilines is 1. The van der Waals surface area contributed by atoms with E-state index in [0.29, 0.717) is 51.4 Å². The summed E-state index contributed by atoms with van der Waals surface area (Å²) in [6, 6.07) is 17.5. The molecule has 11 heteroatoms. The van der Waals surface area contributed by atoms with Crippen LogP contribution in [-0.4, -0.2) is 51.4 Å². The van der Waals surface area contributed by atoms with Gasteiger partial charge in [0.1, 0.15) is 21.3 Å². The van der Waals surface area contributed by atoms with E-state index in [1.807, 2.05) is 36.4 Å². The smallest absolute Gasteiger partial charge is 0.335 e. The van der Waals surface area contributed by atoms with E-state index in [4.69, 9.17) is 36.9 Å². The Morgan fingerprint density at radius 1 is 1.18 bits per heavy atom. The van der Waals surface area contributed by atoms with E-state index in [-0.39, 0.29) is 17.5 Å². The summed E-state index contributed by atoms with van der Waals surface area (Å²) in [5.41, 5.74) is 9.62. The number of carboxylic acids is 1. The minimum Gasteiger partial charge on any atom is -0.496 e. The highest BCUT2D eigenvalue weighted by molar-refractivity contribution is 8.26. The molecule has 198 valence electrons. The van der Waals surface area contributed by atoms with Crippen LogP contribution < -0.4 is 15.2 Å². The SMILES string of the molecule is COc1ccc(C=C2SC(=S)N(CCCOc3ccc(C(=O)O)cc3)C2=O)cc1-c1ccc2oc(N)nc2c1. The molecule has 3 N–H and O–H groups in total. The molecule has 1 aliphatic heterocycles. The second kappa shape index (κ2) is 11.2. The van der Waals surface area contributed by atoms with Crippen molar-refractivity contribution in [3.05, 3.63) is 76.7 Å². The molecule has 0 saturated carbocycles. The molecule has 1 aromatic heterocycles. The summed E-state index contributed by atoms with van der Waals surface area (Å²) in [5, 5.41) is 8.99. The van der Waals surface area contributed by atoms with E-state index in [0.717, 1.165) is 16.7 Å². The lowest BCUT2D eigenvalue weighted by molar-refractivity contribution is -0.122. The Morgan fingerprint density at radius 3 is 2.72 bits per heavy atom. The van der Waals surface area contributed by atoms with E-state index in [2.05, 4.69) is 4.98 Å². The first-order chi connectivity index (χ1) is 18.8. The number of carboxylic acid groups (broad SMARTS) is 1. The molecule has 0 aliphatic carbocycles. The standard InChI is InChI=1S/C28H23N3O6S2/c1-35-22-9-3-16(13-20(22)18-6-10-23-21(15-18)30-27(29)37-23)14-24-25(32)31(28(38)39-24)11-2-12-36-19-7-4-17(5-8-19)26(33)34/h3-10,13-15H,2,11-12H2,1H3,(H2,29,30)(H,33,34). The summed E-state index contributed by atoms with van der Waals surface area (Å²) in [4.78, 5) is 30.4. The topological polar surface area (TPSA) is 128 Å². The average molecular weight is 562 g/mol. The molecular formula is C28H23N3O6S2. The van der Waals surface area contributed by atoms with Gasteiger partial charge in [0.2, 0.25) is 0 Å². The van der Waals surface area contributed by atoms with Crippen LogP contribution in [0.25, 0.3) is 28.3 Å². The van der Waals surface area contributed by atoms with Crippen LogP contribution in [0.5, 0.6) is 11.5 Å². The lowest BCUT2D eigenvalue weighted by atomic mass is 10.0. The van der Waals surface area contributed by atoms with Crippen molar-refractivity contribution in [2.75, 3.05) is 26.0 Å². The Balaban J connectivity index is 1.27. The van der Waals surface area contributed by atoms with Gasteiger partial charge < -0.3 is 24.7 Å². The second-order valence-corrected chi connectivity index (χ2v) is 10.2. The number of benzene rings is 3. The fraction of sp³-hybridized carbons (Fsp3) is 0.143. The second-order valence-electron chi connectivity index (χ2n) is 8.56. The highest BCUT2D eigenvalue weighted by Gasteiger charge is 2.31. The lowest BCUT2D eigenvalue weighted by Gasteiger charge is -2.14. The Labute approximate surface area is 233 Å². The molecule has 1 fully saturated rings. The van der Waals surface area contributed by atoms with Gasteiger partial charge in [-0.3, -0.25) is 9.69 Å². The van der Waals surface area contributed by atoms with Crippen molar-refractivity contribution >= 4 is 63.4 Å². The first-order valence-electron chi connectivity index (χ1n) is 11.9. The molecule has 1 saturated heterocycles. The van der Waals surface area contributed by atoms with Crippen molar-refractivity contribution in [1.82, 2.24) is 9.88 Å². The number of nitrogens with two attached hydrogens (primary N) is 1. The summed E-state index contributed by atoms with van der Waals surface area (Å²) in [5.74, 6) is 0.0843. The van der Waals surface area contributed by atoms with E-state index in [1.165, 1.54) is 23.9 Å². The molecule has 5 rings (SSSR count). The van der Waals surface area contributed by atoms with Crippen LogP contribution in [0.2, 0.25) is 0 Å². The number of thiocarbonyl (C=S) groups is 1. The molecule has 39 heavy (non-hydrogen) atoms. The normalized spacial score (nSPS) is 14.4. The van der Waals surface area contributed by atoms with Crippen LogP contribution in [0.1, 0.15) is 22.3 Å². The minimum absolute atomic E-state index is 0.103. The molecule has 4 aromatic rings. The molecule has 3 aromatic carbocycles. The van der Waals surface area contributed by atoms with Crippen molar-refractivity contribution in [1.29, 1.82) is 0 Å². The Hall–Kier alpha value is -4.35. The summed E-state index contributed by atoms with van der Waals surface area (Å²) >= 11 is 6.72. The largest absolute Gasteiger partial charge is 0.496 e. The van der Waals surface area contributed by atoms with Gasteiger partial charge in [0.05, 0.1) is 24.2 Å². The third-order valence-corrected chi connectivity index (χ3v) is 7.38. The van der Waals surface area contributed by atoms with Gasteiger partial charge in [-0.15, -0.1) is 0 Å². The van der Waals surface area contributed by atoms with Gasteiger partial charge in [-0.25, -0.2) is 4.79 Å². The number of fused-ring (bicyclic) bond motifs is 1. The van der Waals surface area contributed by atoms with Crippen molar-refractivity contribution in [2.24, 2.45) is 0 Å². The number of aromatic nitrogens is 1. The number of methoxy groups -OCH3 is 1. The average Bonchev–Trinajstić information content (AvgIpc) is 3.43. The number of ether oxygens (including phenoxy) is 2. The molecule has 1 aliphatic rings. The van der Waals surface area contributed by atoms with Crippen LogP contribution in [0.4, 0.5) is 6.01 Å². The maximum atomic E-state index is 13.1. The molecule has 0 bridgehead atoms. The zero-order valence-corrected chi connectivity index (χ0v) is 22.4. The Kier molecular flexibility index (Phi) is 7.53. The van der Waals surface area contributed by atoms with Crippen molar-refractivity contribution in [2.45, 2.75) is 6.42 Å². The number of hydrogen-bond donors (Lipinski definition) is 2. The Bertz CT molecular complexity index is 1610. The predicted molar refractivity (Wildman–Crippen MR) is 154 cm³/mol. The number of oxazole rings is 1. The number of nitrogens with zero attached hydrogens (tertiary/aromatic N) is 2. The maximum absolute atomic E-state index is 13.1. The molecule has 9 nitrogen and oxygen atoms in total. The number of amides is 1. The third kappa shape index (κ3) is 5.74. The summed E-state index contributed by atoms with van der Waals surface area (Å²) in [7, 11) is 1.60. The molecule has 0 radical (unpaired) electrons. The quantitative estimate of drug-likeness (QED) is 0.155. The lowest BCUT2D eigenvalue weighted by Crippen LogP contribution is -2.29. The van der Waals surface area contributed by atoms with Gasteiger partial charge >= 0.3 is 5.97 Å². The fourth-order valence-electron chi connectivity index (χ4n) is 4.10. The number of nitrogen functional groups attached to an aromatic ring is 1. The van der Waals surface area contributed by atoms with E-state index < -0.39 is 5.97 Å². The summed E-state index contributed by atoms with van der Waals surface area (Å²) in [6.45, 7) is 0.760. The summed E-state index contributed by atoms with van der Waals surface area (Å²) in [6.07, 6.45) is 2.37. The fourth-order valence-corrected chi connectivity index (χ4v) is 5.41. The molecule has 0 unspecified atom stereocenters. The highest BCUT2D eigenvalue weighted by Crippen LogP contribution is 2.36. The zero-order valence-electron chi connectivity index (χ0n) is 20.7. The zero-order chi connectivity index (χ0) is 27.5. The van der Waals surface area contributed by atoms with Crippen LogP contribution in [0.15, 0.2) is 70.0 Å². The van der Waals surface area contributed by atoms with Gasteiger partial charge in [-0.2, -0.15) is 4.98 Å². The third-order valence-electron chi connectivity index (χ3n) is 6.01. The molecular weight excluding hydrogens is 538 g/mol. The van der Waals surface area contributed by atoms with Crippen LogP contribution >= 0.6 is 24.0 Å². The van der Waals surface area contributed by atoms with Crippen LogP contribution in [-0.2, 0) is 4.79 Å². The first kappa shape index (κ1) is 26.3. The van der Waals surface area contributed by atoms with Gasteiger partial charge in [0.15, 0.2) is 5.58 Å². The number of thioether (sulfide) groups is 1. The highest BCUT2D eigenvalue weighted by atomic mass is 32.2. The van der Waals surface area contributed by atoms with Crippen molar-refractivity contribution in [3.8, 4) is 22.6 Å². The minimum atomic E-state index is -0.992. The molecule has 0 atom stereocenters. The van der Waals surface area contributed by atoms with Gasteiger partial charge in [0.25, 0.3) is 11.9 Å². The molecule has 1 amide bonds. The van der Waals surface area contributed by atoms with Gasteiger partial charge in [0, 0.05) is 12.1 Å². The van der Waals surface area contributed by atoms with E-state index >= 15 is 0 Å². The molecule has 0 spiro atoms. The van der Waals surface area contributed by atoms with Crippen molar-refractivity contribution < 1.29 is 28.6 Å². The van der Waals surface area contributed by atoms with Crippen molar-refractivity contribution in [3.63, 3.8) is 0 Å². The van der Waals surface area contributed by atoms with Gasteiger partial charge in [-0.05, 0) is 72.2 Å². The first-order valence-corrected chi connectivity index (χ1v) is 13.1. The van der Waals surface area contributed by atoms with Crippen LogP contribution in [0, 0.1) is 0 Å². The monoisotopic (exact) mass is 561 g/mol. The summed E-state index contributed by atoms with van der Waals surface area (Å²) < 4.78 is 17.1.